The molecule has 1 fully saturated rings. The van der Waals surface area contributed by atoms with Crippen LogP contribution in [0.15, 0.2) is 29.3 Å². The van der Waals surface area contributed by atoms with Gasteiger partial charge in [-0.15, -0.1) is 0 Å². The Hall–Kier alpha value is -1.75. The number of carboxylic acid groups (broad SMARTS) is 1. The van der Waals surface area contributed by atoms with E-state index in [1.807, 2.05) is 10.7 Å². The number of carbonyl (C=O) groups is 1. The quantitative estimate of drug-likeness (QED) is 0.858. The van der Waals surface area contributed by atoms with E-state index in [4.69, 9.17) is 10.2 Å². The Morgan fingerprint density at radius 1 is 1.38 bits per heavy atom. The van der Waals surface area contributed by atoms with Gasteiger partial charge < -0.3 is 5.11 Å². The number of nitrogens with zero attached hydrogens (tertiary/aromatic N) is 2. The van der Waals surface area contributed by atoms with Crippen LogP contribution in [0.25, 0.3) is 5.69 Å². The summed E-state index contributed by atoms with van der Waals surface area (Å²) in [7, 11) is 0. The summed E-state index contributed by atoms with van der Waals surface area (Å²) < 4.78 is 1.91. The van der Waals surface area contributed by atoms with Gasteiger partial charge in [0.2, 0.25) is 0 Å². The van der Waals surface area contributed by atoms with Crippen molar-refractivity contribution in [3.63, 3.8) is 0 Å². The van der Waals surface area contributed by atoms with E-state index in [-0.39, 0.29) is 5.75 Å². The second-order valence-corrected chi connectivity index (χ2v) is 6.56. The van der Waals surface area contributed by atoms with Crippen molar-refractivity contribution >= 4 is 17.7 Å². The molecule has 1 saturated carbocycles. The third-order valence-corrected chi connectivity index (χ3v) is 4.61. The van der Waals surface area contributed by atoms with Crippen molar-refractivity contribution in [2.45, 2.75) is 37.6 Å². The largest absolute Gasteiger partial charge is 0.481 e. The van der Waals surface area contributed by atoms with Gasteiger partial charge in [-0.05, 0) is 49.9 Å². The molecule has 1 aliphatic rings. The highest BCUT2D eigenvalue weighted by Gasteiger charge is 2.28. The molecule has 1 aromatic carbocycles. The standard InChI is InChI=1S/C16H18N2O2S/c1-10-3-4-11(2)14(7-10)18-15(21-9-16(19)20)8-13(17-18)12-5-6-12/h3-4,7-8,12H,5-6,9H2,1-2H3,(H,19,20). The molecular formula is C16H18N2O2S. The second kappa shape index (κ2) is 5.56. The highest BCUT2D eigenvalue weighted by Crippen LogP contribution is 2.41. The molecule has 5 heteroatoms. The number of aliphatic carboxylic acids is 1. The van der Waals surface area contributed by atoms with Crippen LogP contribution in [0, 0.1) is 13.8 Å². The van der Waals surface area contributed by atoms with Crippen molar-refractivity contribution in [3.8, 4) is 5.69 Å². The van der Waals surface area contributed by atoms with Gasteiger partial charge in [0, 0.05) is 5.92 Å². The van der Waals surface area contributed by atoms with E-state index >= 15 is 0 Å². The predicted molar refractivity (Wildman–Crippen MR) is 83.4 cm³/mol. The highest BCUT2D eigenvalue weighted by molar-refractivity contribution is 7.99. The lowest BCUT2D eigenvalue weighted by Crippen LogP contribution is -2.04. The number of carboxylic acids is 1. The Labute approximate surface area is 128 Å². The SMILES string of the molecule is Cc1ccc(C)c(-n2nc(C3CC3)cc2SCC(=O)O)c1. The number of hydrogen-bond acceptors (Lipinski definition) is 3. The fourth-order valence-electron chi connectivity index (χ4n) is 2.32. The Bertz CT molecular complexity index is 690. The summed E-state index contributed by atoms with van der Waals surface area (Å²) in [6.45, 7) is 4.11. The first-order valence-corrected chi connectivity index (χ1v) is 8.05. The zero-order valence-electron chi connectivity index (χ0n) is 12.2. The number of aryl methyl sites for hydroxylation is 2. The lowest BCUT2D eigenvalue weighted by Gasteiger charge is -2.10. The molecule has 0 atom stereocenters. The van der Waals surface area contributed by atoms with Gasteiger partial charge in [0.15, 0.2) is 0 Å². The predicted octanol–water partition coefficient (Wildman–Crippen LogP) is 3.54. The van der Waals surface area contributed by atoms with Gasteiger partial charge in [-0.1, -0.05) is 23.9 Å². The minimum Gasteiger partial charge on any atom is -0.481 e. The molecule has 0 bridgehead atoms. The maximum Gasteiger partial charge on any atom is 0.313 e. The summed E-state index contributed by atoms with van der Waals surface area (Å²) >= 11 is 1.33. The van der Waals surface area contributed by atoms with Crippen molar-refractivity contribution in [1.82, 2.24) is 9.78 Å². The first-order chi connectivity index (χ1) is 10.0. The molecule has 0 saturated heterocycles. The van der Waals surface area contributed by atoms with E-state index in [2.05, 4.69) is 32.0 Å². The normalized spacial score (nSPS) is 14.4. The maximum absolute atomic E-state index is 10.8. The number of benzene rings is 1. The van der Waals surface area contributed by atoms with Gasteiger partial charge in [-0.25, -0.2) is 4.68 Å². The Balaban J connectivity index is 2.02. The zero-order valence-corrected chi connectivity index (χ0v) is 13.0. The van der Waals surface area contributed by atoms with Crippen molar-refractivity contribution in [1.29, 1.82) is 0 Å². The molecule has 0 unspecified atom stereocenters. The molecule has 0 radical (unpaired) electrons. The van der Waals surface area contributed by atoms with E-state index in [9.17, 15) is 4.79 Å². The Kier molecular flexibility index (Phi) is 3.76. The van der Waals surface area contributed by atoms with Crippen molar-refractivity contribution in [2.24, 2.45) is 0 Å². The van der Waals surface area contributed by atoms with Crippen LogP contribution in [0.1, 0.15) is 35.6 Å². The summed E-state index contributed by atoms with van der Waals surface area (Å²) in [4.78, 5) is 10.8. The van der Waals surface area contributed by atoms with Crippen molar-refractivity contribution < 1.29 is 9.90 Å². The molecule has 0 spiro atoms. The number of aromatic nitrogens is 2. The van der Waals surface area contributed by atoms with Crippen LogP contribution in [-0.2, 0) is 4.79 Å². The van der Waals surface area contributed by atoms with Crippen LogP contribution in [-0.4, -0.2) is 26.6 Å². The summed E-state index contributed by atoms with van der Waals surface area (Å²) in [6, 6.07) is 8.31. The summed E-state index contributed by atoms with van der Waals surface area (Å²) in [5.74, 6) is -0.192. The topological polar surface area (TPSA) is 55.1 Å². The van der Waals surface area contributed by atoms with Gasteiger partial charge >= 0.3 is 5.97 Å². The minimum absolute atomic E-state index is 0.0562. The van der Waals surface area contributed by atoms with E-state index in [0.29, 0.717) is 5.92 Å². The third-order valence-electron chi connectivity index (χ3n) is 3.63. The van der Waals surface area contributed by atoms with Crippen molar-refractivity contribution in [2.75, 3.05) is 5.75 Å². The third kappa shape index (κ3) is 3.13. The molecule has 2 aromatic rings. The molecule has 1 aromatic heterocycles. The first kappa shape index (κ1) is 14.2. The maximum atomic E-state index is 10.8. The zero-order chi connectivity index (χ0) is 15.0. The molecule has 4 nitrogen and oxygen atoms in total. The van der Waals surface area contributed by atoms with E-state index in [1.54, 1.807) is 0 Å². The molecule has 1 N–H and O–H groups in total. The lowest BCUT2D eigenvalue weighted by molar-refractivity contribution is -0.133. The summed E-state index contributed by atoms with van der Waals surface area (Å²) in [5.41, 5.74) is 4.44. The van der Waals surface area contributed by atoms with Gasteiger partial charge in [-0.2, -0.15) is 5.10 Å². The van der Waals surface area contributed by atoms with E-state index in [1.165, 1.54) is 30.2 Å². The Morgan fingerprint density at radius 3 is 2.81 bits per heavy atom. The van der Waals surface area contributed by atoms with Gasteiger partial charge in [0.05, 0.1) is 17.1 Å². The Morgan fingerprint density at radius 2 is 2.14 bits per heavy atom. The lowest BCUT2D eigenvalue weighted by atomic mass is 10.1. The van der Waals surface area contributed by atoms with Gasteiger partial charge in [0.1, 0.15) is 5.03 Å². The molecule has 0 aliphatic heterocycles. The average Bonchev–Trinajstić information content (AvgIpc) is 3.20. The minimum atomic E-state index is -0.804. The second-order valence-electron chi connectivity index (χ2n) is 5.57. The first-order valence-electron chi connectivity index (χ1n) is 7.07. The summed E-state index contributed by atoms with van der Waals surface area (Å²) in [6.07, 6.45) is 2.37. The van der Waals surface area contributed by atoms with Crippen LogP contribution in [0.4, 0.5) is 0 Å². The smallest absolute Gasteiger partial charge is 0.313 e. The molecule has 21 heavy (non-hydrogen) atoms. The van der Waals surface area contributed by atoms with E-state index < -0.39 is 5.97 Å². The number of hydrogen-bond donors (Lipinski definition) is 1. The van der Waals surface area contributed by atoms with Crippen LogP contribution in [0.2, 0.25) is 0 Å². The van der Waals surface area contributed by atoms with Crippen LogP contribution in [0.3, 0.4) is 0 Å². The van der Waals surface area contributed by atoms with Crippen LogP contribution in [0.5, 0.6) is 0 Å². The van der Waals surface area contributed by atoms with Gasteiger partial charge in [-0.3, -0.25) is 4.79 Å². The van der Waals surface area contributed by atoms with E-state index in [0.717, 1.165) is 22.0 Å². The number of thioether (sulfide) groups is 1. The molecule has 1 heterocycles. The molecular weight excluding hydrogens is 284 g/mol. The molecule has 1 aliphatic carbocycles. The fraction of sp³-hybridized carbons (Fsp3) is 0.375. The molecule has 110 valence electrons. The number of rotatable bonds is 5. The van der Waals surface area contributed by atoms with Crippen molar-refractivity contribution in [3.05, 3.63) is 41.1 Å². The van der Waals surface area contributed by atoms with Gasteiger partial charge in [0.25, 0.3) is 0 Å². The van der Waals surface area contributed by atoms with Crippen LogP contribution >= 0.6 is 11.8 Å². The summed E-state index contributed by atoms with van der Waals surface area (Å²) in [5, 5.41) is 14.5. The highest BCUT2D eigenvalue weighted by atomic mass is 32.2. The molecule has 3 rings (SSSR count). The molecule has 0 amide bonds. The fourth-order valence-corrected chi connectivity index (χ4v) is 3.06. The average molecular weight is 302 g/mol. The van der Waals surface area contributed by atoms with Crippen LogP contribution < -0.4 is 0 Å². The monoisotopic (exact) mass is 302 g/mol.